The number of nitrogens with zero attached hydrogens (tertiary/aromatic N) is 1. The number of aryl methyl sites for hydroxylation is 3. The monoisotopic (exact) mass is 369 g/mol. The van der Waals surface area contributed by atoms with E-state index >= 15 is 0 Å². The average molecular weight is 370 g/mol. The van der Waals surface area contributed by atoms with Crippen molar-refractivity contribution < 1.29 is 13.9 Å². The molecule has 4 heteroatoms. The highest BCUT2D eigenvalue weighted by molar-refractivity contribution is 5.98. The zero-order valence-electron chi connectivity index (χ0n) is 17.4. The molecule has 0 aliphatic carbocycles. The number of ether oxygens (including phenoxy) is 1. The predicted molar refractivity (Wildman–Crippen MR) is 110 cm³/mol. The van der Waals surface area contributed by atoms with Crippen molar-refractivity contribution in [3.63, 3.8) is 0 Å². The number of piperidine rings is 1. The number of methoxy groups -OCH3 is 1. The number of furan rings is 1. The van der Waals surface area contributed by atoms with E-state index in [4.69, 9.17) is 9.15 Å². The molecule has 1 aromatic heterocycles. The van der Waals surface area contributed by atoms with Crippen molar-refractivity contribution in [3.8, 4) is 5.75 Å². The summed E-state index contributed by atoms with van der Waals surface area (Å²) in [5.74, 6) is 1.81. The minimum absolute atomic E-state index is 0.110. The number of benzene rings is 1. The molecule has 1 aliphatic heterocycles. The van der Waals surface area contributed by atoms with Crippen molar-refractivity contribution in [1.82, 2.24) is 4.90 Å². The Labute approximate surface area is 162 Å². The van der Waals surface area contributed by atoms with E-state index in [9.17, 15) is 4.79 Å². The molecular formula is C23H31NO3. The number of likely N-dealkylation sites (tertiary alicyclic amines) is 1. The van der Waals surface area contributed by atoms with Crippen LogP contribution in [-0.2, 0) is 4.79 Å². The first-order valence-corrected chi connectivity index (χ1v) is 9.95. The van der Waals surface area contributed by atoms with Crippen LogP contribution in [0.1, 0.15) is 62.0 Å². The maximum Gasteiger partial charge on any atom is 0.247 e. The second kappa shape index (κ2) is 7.79. The first-order valence-electron chi connectivity index (χ1n) is 9.95. The van der Waals surface area contributed by atoms with Gasteiger partial charge in [0.1, 0.15) is 17.1 Å². The van der Waals surface area contributed by atoms with Crippen molar-refractivity contribution in [3.05, 3.63) is 34.6 Å². The fourth-order valence-corrected chi connectivity index (χ4v) is 4.23. The minimum Gasteiger partial charge on any atom is -0.496 e. The van der Waals surface area contributed by atoms with Gasteiger partial charge in [0.25, 0.3) is 0 Å². The summed E-state index contributed by atoms with van der Waals surface area (Å²) in [6, 6.07) is 2.46. The fourth-order valence-electron chi connectivity index (χ4n) is 4.23. The summed E-state index contributed by atoms with van der Waals surface area (Å²) < 4.78 is 11.6. The molecule has 27 heavy (non-hydrogen) atoms. The van der Waals surface area contributed by atoms with Crippen LogP contribution in [0.5, 0.6) is 5.75 Å². The van der Waals surface area contributed by atoms with E-state index in [2.05, 4.69) is 19.9 Å². The van der Waals surface area contributed by atoms with Crippen LogP contribution in [0.25, 0.3) is 16.5 Å². The van der Waals surface area contributed by atoms with Crippen LogP contribution in [0, 0.1) is 20.8 Å². The summed E-state index contributed by atoms with van der Waals surface area (Å²) in [5, 5.41) is 1.09. The summed E-state index contributed by atoms with van der Waals surface area (Å²) in [6.45, 7) is 11.1. The zero-order valence-corrected chi connectivity index (χ0v) is 17.4. The lowest BCUT2D eigenvalue weighted by molar-refractivity contribution is -0.129. The molecule has 0 radical (unpaired) electrons. The summed E-state index contributed by atoms with van der Waals surface area (Å²) in [7, 11) is 1.67. The average Bonchev–Trinajstić information content (AvgIpc) is 2.96. The van der Waals surface area contributed by atoms with Gasteiger partial charge in [-0.3, -0.25) is 4.79 Å². The van der Waals surface area contributed by atoms with Gasteiger partial charge in [0, 0.05) is 35.2 Å². The van der Waals surface area contributed by atoms with E-state index in [1.807, 2.05) is 25.7 Å². The van der Waals surface area contributed by atoms with Crippen molar-refractivity contribution in [2.24, 2.45) is 0 Å². The van der Waals surface area contributed by atoms with Crippen LogP contribution in [0.3, 0.4) is 0 Å². The molecule has 1 unspecified atom stereocenters. The normalized spacial score (nSPS) is 18.2. The highest BCUT2D eigenvalue weighted by Gasteiger charge is 2.25. The molecular weight excluding hydrogens is 338 g/mol. The topological polar surface area (TPSA) is 42.7 Å². The number of carbonyl (C=O) groups is 1. The Kier molecular flexibility index (Phi) is 5.64. The standard InChI is InChI=1S/C23H31NO3/c1-7-18-10-8-9-11-24(18)21(25)12-14(2)19-13-20-15(3)17(5)27-23(20)16(4)22(19)26-6/h12-13,18H,7-11H2,1-6H3/b14-12+. The molecule has 0 bridgehead atoms. The number of hydrogen-bond donors (Lipinski definition) is 0. The number of amides is 1. The maximum absolute atomic E-state index is 13.0. The molecule has 2 aromatic rings. The lowest BCUT2D eigenvalue weighted by Crippen LogP contribution is -2.42. The van der Waals surface area contributed by atoms with E-state index in [0.717, 1.165) is 70.5 Å². The fraction of sp³-hybridized carbons (Fsp3) is 0.522. The minimum atomic E-state index is 0.110. The Bertz CT molecular complexity index is 891. The van der Waals surface area contributed by atoms with Gasteiger partial charge >= 0.3 is 0 Å². The van der Waals surface area contributed by atoms with E-state index in [1.54, 1.807) is 13.2 Å². The Balaban J connectivity index is 2.03. The van der Waals surface area contributed by atoms with Crippen LogP contribution in [-0.4, -0.2) is 30.5 Å². The molecule has 1 fully saturated rings. The van der Waals surface area contributed by atoms with Gasteiger partial charge in [0.2, 0.25) is 5.91 Å². The molecule has 1 aliphatic rings. The molecule has 1 amide bonds. The molecule has 3 rings (SSSR count). The van der Waals surface area contributed by atoms with Gasteiger partial charge in [-0.05, 0) is 70.6 Å². The van der Waals surface area contributed by atoms with Crippen molar-refractivity contribution >= 4 is 22.4 Å². The Morgan fingerprint density at radius 1 is 1.30 bits per heavy atom. The highest BCUT2D eigenvalue weighted by atomic mass is 16.5. The van der Waals surface area contributed by atoms with Gasteiger partial charge in [0.15, 0.2) is 0 Å². The molecule has 0 spiro atoms. The molecule has 1 aromatic carbocycles. The van der Waals surface area contributed by atoms with E-state index in [0.29, 0.717) is 6.04 Å². The number of allylic oxidation sites excluding steroid dienone is 1. The van der Waals surface area contributed by atoms with E-state index in [1.165, 1.54) is 6.42 Å². The second-order valence-corrected chi connectivity index (χ2v) is 7.66. The van der Waals surface area contributed by atoms with Crippen LogP contribution in [0.15, 0.2) is 16.6 Å². The molecule has 0 saturated carbocycles. The number of rotatable bonds is 4. The van der Waals surface area contributed by atoms with Gasteiger partial charge in [0.05, 0.1) is 7.11 Å². The molecule has 1 saturated heterocycles. The van der Waals surface area contributed by atoms with Gasteiger partial charge in [-0.2, -0.15) is 0 Å². The first-order chi connectivity index (χ1) is 12.9. The second-order valence-electron chi connectivity index (χ2n) is 7.66. The molecule has 0 N–H and O–H groups in total. The molecule has 146 valence electrons. The smallest absolute Gasteiger partial charge is 0.247 e. The third kappa shape index (κ3) is 3.50. The van der Waals surface area contributed by atoms with Crippen molar-refractivity contribution in [1.29, 1.82) is 0 Å². The number of fused-ring (bicyclic) bond motifs is 1. The molecule has 2 heterocycles. The summed E-state index contributed by atoms with van der Waals surface area (Å²) in [4.78, 5) is 15.0. The Morgan fingerprint density at radius 3 is 2.70 bits per heavy atom. The van der Waals surface area contributed by atoms with E-state index < -0.39 is 0 Å². The molecule has 4 nitrogen and oxygen atoms in total. The summed E-state index contributed by atoms with van der Waals surface area (Å²) in [6.07, 6.45) is 6.21. The van der Waals surface area contributed by atoms with Gasteiger partial charge in [-0.15, -0.1) is 0 Å². The lowest BCUT2D eigenvalue weighted by atomic mass is 9.97. The van der Waals surface area contributed by atoms with Crippen LogP contribution < -0.4 is 4.74 Å². The summed E-state index contributed by atoms with van der Waals surface area (Å²) in [5.41, 5.74) is 4.88. The SMILES string of the molecule is CCC1CCCCN1C(=O)/C=C(\C)c1cc2c(C)c(C)oc2c(C)c1OC. The van der Waals surface area contributed by atoms with Crippen molar-refractivity contribution in [2.75, 3.05) is 13.7 Å². The Morgan fingerprint density at radius 2 is 2.04 bits per heavy atom. The highest BCUT2D eigenvalue weighted by Crippen LogP contribution is 2.38. The number of carbonyl (C=O) groups excluding carboxylic acids is 1. The maximum atomic E-state index is 13.0. The molecule has 1 atom stereocenters. The van der Waals surface area contributed by atoms with Crippen LogP contribution in [0.2, 0.25) is 0 Å². The quantitative estimate of drug-likeness (QED) is 0.663. The van der Waals surface area contributed by atoms with Gasteiger partial charge in [-0.25, -0.2) is 0 Å². The van der Waals surface area contributed by atoms with Crippen LogP contribution >= 0.6 is 0 Å². The van der Waals surface area contributed by atoms with Gasteiger partial charge in [-0.1, -0.05) is 6.92 Å². The third-order valence-corrected chi connectivity index (χ3v) is 6.00. The van der Waals surface area contributed by atoms with Crippen molar-refractivity contribution in [2.45, 2.75) is 66.3 Å². The van der Waals surface area contributed by atoms with Crippen LogP contribution in [0.4, 0.5) is 0 Å². The summed E-state index contributed by atoms with van der Waals surface area (Å²) >= 11 is 0. The first kappa shape index (κ1) is 19.5. The Hall–Kier alpha value is -2.23. The van der Waals surface area contributed by atoms with Gasteiger partial charge < -0.3 is 14.1 Å². The predicted octanol–water partition coefficient (Wildman–Crippen LogP) is 5.56. The third-order valence-electron chi connectivity index (χ3n) is 6.00. The zero-order chi connectivity index (χ0) is 19.7. The number of hydrogen-bond acceptors (Lipinski definition) is 3. The lowest BCUT2D eigenvalue weighted by Gasteiger charge is -2.34. The largest absolute Gasteiger partial charge is 0.496 e. The van der Waals surface area contributed by atoms with E-state index in [-0.39, 0.29) is 5.91 Å².